The van der Waals surface area contributed by atoms with Crippen molar-refractivity contribution < 1.29 is 13.2 Å². The Morgan fingerprint density at radius 3 is 2.30 bits per heavy atom. The largest absolute Gasteiger partial charge is 0.494 e. The molecule has 0 saturated heterocycles. The van der Waals surface area contributed by atoms with Crippen molar-refractivity contribution in [2.24, 2.45) is 5.92 Å². The van der Waals surface area contributed by atoms with E-state index in [2.05, 4.69) is 16.9 Å². The van der Waals surface area contributed by atoms with Crippen LogP contribution in [-0.4, -0.2) is 21.6 Å². The summed E-state index contributed by atoms with van der Waals surface area (Å²) < 4.78 is 32.6. The Morgan fingerprint density at radius 1 is 1.04 bits per heavy atom. The molecule has 0 spiro atoms. The van der Waals surface area contributed by atoms with Crippen LogP contribution in [-0.2, 0) is 16.4 Å². The molecular formula is C18H23NO3S. The maximum atomic E-state index is 12.3. The van der Waals surface area contributed by atoms with Crippen molar-refractivity contribution in [2.45, 2.75) is 25.2 Å². The standard InChI is InChI=1S/C18H23NO3S/c1-3-22-17-9-11-18(12-10-17)23(20,21)19-14-15(2)13-16-7-5-4-6-8-16/h4-12,15,19H,3,13-14H2,1-2H3. The molecule has 0 aliphatic carbocycles. The van der Waals surface area contributed by atoms with E-state index in [9.17, 15) is 8.42 Å². The predicted octanol–water partition coefficient (Wildman–Crippen LogP) is 3.24. The first-order valence-corrected chi connectivity index (χ1v) is 9.26. The molecule has 0 saturated carbocycles. The minimum atomic E-state index is -3.48. The first-order chi connectivity index (χ1) is 11.0. The fraction of sp³-hybridized carbons (Fsp3) is 0.333. The Bertz CT molecular complexity index is 697. The highest BCUT2D eigenvalue weighted by Crippen LogP contribution is 2.16. The van der Waals surface area contributed by atoms with E-state index in [1.165, 1.54) is 5.56 Å². The number of sulfonamides is 1. The predicted molar refractivity (Wildman–Crippen MR) is 92.1 cm³/mol. The molecule has 2 aromatic carbocycles. The number of hydrogen-bond acceptors (Lipinski definition) is 3. The fourth-order valence-corrected chi connectivity index (χ4v) is 3.47. The molecule has 2 rings (SSSR count). The molecule has 0 heterocycles. The maximum absolute atomic E-state index is 12.3. The monoisotopic (exact) mass is 333 g/mol. The summed E-state index contributed by atoms with van der Waals surface area (Å²) >= 11 is 0. The summed E-state index contributed by atoms with van der Waals surface area (Å²) in [5.74, 6) is 0.888. The lowest BCUT2D eigenvalue weighted by Gasteiger charge is -2.13. The number of benzene rings is 2. The minimum Gasteiger partial charge on any atom is -0.494 e. The van der Waals surface area contributed by atoms with E-state index in [0.29, 0.717) is 18.9 Å². The summed E-state index contributed by atoms with van der Waals surface area (Å²) in [5, 5.41) is 0. The third-order valence-corrected chi connectivity index (χ3v) is 4.93. The Balaban J connectivity index is 1.92. The highest BCUT2D eigenvalue weighted by atomic mass is 32.2. The lowest BCUT2D eigenvalue weighted by molar-refractivity contribution is 0.340. The lowest BCUT2D eigenvalue weighted by atomic mass is 10.0. The van der Waals surface area contributed by atoms with Gasteiger partial charge in [-0.15, -0.1) is 0 Å². The fourth-order valence-electron chi connectivity index (χ4n) is 2.31. The van der Waals surface area contributed by atoms with Gasteiger partial charge in [-0.3, -0.25) is 0 Å². The molecule has 0 aromatic heterocycles. The van der Waals surface area contributed by atoms with Crippen molar-refractivity contribution in [3.63, 3.8) is 0 Å². The van der Waals surface area contributed by atoms with Crippen LogP contribution in [0.3, 0.4) is 0 Å². The van der Waals surface area contributed by atoms with Crippen LogP contribution in [0.4, 0.5) is 0 Å². The number of hydrogen-bond donors (Lipinski definition) is 1. The van der Waals surface area contributed by atoms with Crippen LogP contribution in [0.1, 0.15) is 19.4 Å². The van der Waals surface area contributed by atoms with Crippen LogP contribution in [0.2, 0.25) is 0 Å². The smallest absolute Gasteiger partial charge is 0.240 e. The van der Waals surface area contributed by atoms with Gasteiger partial charge in [-0.2, -0.15) is 0 Å². The topological polar surface area (TPSA) is 55.4 Å². The van der Waals surface area contributed by atoms with E-state index in [1.807, 2.05) is 32.0 Å². The zero-order valence-electron chi connectivity index (χ0n) is 13.5. The van der Waals surface area contributed by atoms with E-state index in [0.717, 1.165) is 6.42 Å². The Morgan fingerprint density at radius 2 is 1.70 bits per heavy atom. The number of rotatable bonds is 8. The summed E-state index contributed by atoms with van der Waals surface area (Å²) in [6.07, 6.45) is 0.840. The summed E-state index contributed by atoms with van der Waals surface area (Å²) in [7, 11) is -3.48. The molecule has 2 aromatic rings. The molecule has 0 fully saturated rings. The average molecular weight is 333 g/mol. The average Bonchev–Trinajstić information content (AvgIpc) is 2.55. The molecule has 5 heteroatoms. The molecule has 124 valence electrons. The highest BCUT2D eigenvalue weighted by molar-refractivity contribution is 7.89. The Kier molecular flexibility index (Phi) is 6.19. The van der Waals surface area contributed by atoms with Crippen LogP contribution in [0.15, 0.2) is 59.5 Å². The highest BCUT2D eigenvalue weighted by Gasteiger charge is 2.15. The maximum Gasteiger partial charge on any atom is 0.240 e. The second-order valence-corrected chi connectivity index (χ2v) is 7.32. The molecule has 1 N–H and O–H groups in total. The van der Waals surface area contributed by atoms with Gasteiger partial charge in [-0.1, -0.05) is 37.3 Å². The van der Waals surface area contributed by atoms with Gasteiger partial charge in [-0.05, 0) is 49.1 Å². The third-order valence-electron chi connectivity index (χ3n) is 3.49. The molecule has 0 aliphatic heterocycles. The molecule has 0 amide bonds. The van der Waals surface area contributed by atoms with Crippen molar-refractivity contribution in [3.05, 3.63) is 60.2 Å². The normalized spacial score (nSPS) is 12.8. The molecule has 1 unspecified atom stereocenters. The Hall–Kier alpha value is -1.85. The number of nitrogens with one attached hydrogen (secondary N) is 1. The van der Waals surface area contributed by atoms with Crippen LogP contribution < -0.4 is 9.46 Å². The van der Waals surface area contributed by atoms with E-state index < -0.39 is 10.0 Å². The molecule has 23 heavy (non-hydrogen) atoms. The van der Waals surface area contributed by atoms with E-state index in [1.54, 1.807) is 24.3 Å². The van der Waals surface area contributed by atoms with Gasteiger partial charge in [0, 0.05) is 6.54 Å². The summed E-state index contributed by atoms with van der Waals surface area (Å²) in [4.78, 5) is 0.257. The lowest BCUT2D eigenvalue weighted by Crippen LogP contribution is -2.29. The van der Waals surface area contributed by atoms with Gasteiger partial charge in [0.2, 0.25) is 10.0 Å². The van der Waals surface area contributed by atoms with Crippen molar-refractivity contribution in [1.29, 1.82) is 0 Å². The van der Waals surface area contributed by atoms with Crippen molar-refractivity contribution in [1.82, 2.24) is 4.72 Å². The zero-order valence-corrected chi connectivity index (χ0v) is 14.3. The van der Waals surface area contributed by atoms with Crippen LogP contribution in [0.5, 0.6) is 5.75 Å². The van der Waals surface area contributed by atoms with Crippen LogP contribution >= 0.6 is 0 Å². The van der Waals surface area contributed by atoms with Gasteiger partial charge in [-0.25, -0.2) is 13.1 Å². The molecule has 0 bridgehead atoms. The first kappa shape index (κ1) is 17.5. The summed E-state index contributed by atoms with van der Waals surface area (Å²) in [6.45, 7) is 4.89. The molecule has 1 atom stereocenters. The SMILES string of the molecule is CCOc1ccc(S(=O)(=O)NCC(C)Cc2ccccc2)cc1. The number of ether oxygens (including phenoxy) is 1. The second kappa shape index (κ2) is 8.13. The van der Waals surface area contributed by atoms with Gasteiger partial charge < -0.3 is 4.74 Å². The van der Waals surface area contributed by atoms with Crippen LogP contribution in [0, 0.1) is 5.92 Å². The first-order valence-electron chi connectivity index (χ1n) is 7.77. The van der Waals surface area contributed by atoms with Gasteiger partial charge in [0.1, 0.15) is 5.75 Å². The van der Waals surface area contributed by atoms with Crippen molar-refractivity contribution in [3.8, 4) is 5.75 Å². The molecule has 4 nitrogen and oxygen atoms in total. The van der Waals surface area contributed by atoms with Crippen molar-refractivity contribution in [2.75, 3.05) is 13.2 Å². The quantitative estimate of drug-likeness (QED) is 0.807. The second-order valence-electron chi connectivity index (χ2n) is 5.55. The van der Waals surface area contributed by atoms with E-state index in [4.69, 9.17) is 4.74 Å². The van der Waals surface area contributed by atoms with Crippen molar-refractivity contribution >= 4 is 10.0 Å². The van der Waals surface area contributed by atoms with Crippen LogP contribution in [0.25, 0.3) is 0 Å². The summed E-state index contributed by atoms with van der Waals surface area (Å²) in [5.41, 5.74) is 1.21. The van der Waals surface area contributed by atoms with Gasteiger partial charge in [0.15, 0.2) is 0 Å². The third kappa shape index (κ3) is 5.37. The molecule has 0 aliphatic rings. The van der Waals surface area contributed by atoms with Gasteiger partial charge >= 0.3 is 0 Å². The minimum absolute atomic E-state index is 0.217. The van der Waals surface area contributed by atoms with Gasteiger partial charge in [0.05, 0.1) is 11.5 Å². The van der Waals surface area contributed by atoms with E-state index in [-0.39, 0.29) is 10.8 Å². The van der Waals surface area contributed by atoms with Gasteiger partial charge in [0.25, 0.3) is 0 Å². The molecule has 0 radical (unpaired) electrons. The summed E-state index contributed by atoms with van der Waals surface area (Å²) in [6, 6.07) is 16.5. The zero-order chi connectivity index (χ0) is 16.7. The Labute approximate surface area is 138 Å². The molecular weight excluding hydrogens is 310 g/mol. The van der Waals surface area contributed by atoms with E-state index >= 15 is 0 Å².